The van der Waals surface area contributed by atoms with E-state index >= 15 is 0 Å². The van der Waals surface area contributed by atoms with Crippen molar-refractivity contribution in [2.24, 2.45) is 0 Å². The zero-order valence-corrected chi connectivity index (χ0v) is 18.9. The Morgan fingerprint density at radius 2 is 2.07 bits per heavy atom. The molecule has 156 valence electrons. The van der Waals surface area contributed by atoms with Crippen LogP contribution in [0.3, 0.4) is 0 Å². The van der Waals surface area contributed by atoms with Crippen molar-refractivity contribution in [2.45, 2.75) is 56.9 Å². The van der Waals surface area contributed by atoms with E-state index in [0.717, 1.165) is 9.99 Å². The first-order valence-corrected chi connectivity index (χ1v) is 12.2. The smallest absolute Gasteiger partial charge is 0.254 e. The molecular formula is C20H22FIN2O4S. The monoisotopic (exact) mass is 532 g/mol. The molecule has 1 saturated carbocycles. The van der Waals surface area contributed by atoms with Gasteiger partial charge in [-0.15, -0.1) is 0 Å². The van der Waals surface area contributed by atoms with Gasteiger partial charge in [-0.05, 0) is 78.5 Å². The number of halogens is 2. The van der Waals surface area contributed by atoms with Gasteiger partial charge in [-0.25, -0.2) is 12.8 Å². The number of aromatic nitrogens is 1. The molecule has 0 spiro atoms. The highest BCUT2D eigenvalue weighted by atomic mass is 127. The molecule has 0 bridgehead atoms. The molecule has 1 fully saturated rings. The normalized spacial score (nSPS) is 21.0. The highest BCUT2D eigenvalue weighted by Gasteiger charge is 2.39. The van der Waals surface area contributed by atoms with Crippen LogP contribution in [0.15, 0.2) is 23.0 Å². The van der Waals surface area contributed by atoms with Crippen LogP contribution in [0.1, 0.15) is 41.6 Å². The van der Waals surface area contributed by atoms with Crippen molar-refractivity contribution in [3.8, 4) is 0 Å². The number of aliphatic hydroxyl groups is 1. The van der Waals surface area contributed by atoms with E-state index in [0.29, 0.717) is 41.0 Å². The summed E-state index contributed by atoms with van der Waals surface area (Å²) in [7, 11) is -3.71. The van der Waals surface area contributed by atoms with Crippen LogP contribution in [0, 0.1) is 16.3 Å². The van der Waals surface area contributed by atoms with E-state index in [-0.39, 0.29) is 30.6 Å². The Kier molecular flexibility index (Phi) is 5.49. The maximum Gasteiger partial charge on any atom is 0.254 e. The van der Waals surface area contributed by atoms with Gasteiger partial charge in [0.15, 0.2) is 0 Å². The lowest BCUT2D eigenvalue weighted by molar-refractivity contribution is 0.0979. The summed E-state index contributed by atoms with van der Waals surface area (Å²) in [5, 5.41) is 8.85. The van der Waals surface area contributed by atoms with Gasteiger partial charge in [-0.1, -0.05) is 6.07 Å². The van der Waals surface area contributed by atoms with Gasteiger partial charge in [-0.2, -0.15) is 0 Å². The van der Waals surface area contributed by atoms with Crippen molar-refractivity contribution in [1.82, 2.24) is 4.57 Å². The van der Waals surface area contributed by atoms with Crippen LogP contribution in [0.5, 0.6) is 0 Å². The third-order valence-electron chi connectivity index (χ3n) is 5.87. The number of aliphatic hydroxyl groups excluding tert-OH is 1. The fourth-order valence-corrected chi connectivity index (χ4v) is 6.16. The Hall–Kier alpha value is -1.46. The second-order valence-corrected chi connectivity index (χ2v) is 11.0. The molecule has 1 aromatic heterocycles. The summed E-state index contributed by atoms with van der Waals surface area (Å²) in [4.78, 5) is 12.8. The molecule has 0 atom stereocenters. The lowest BCUT2D eigenvalue weighted by Crippen LogP contribution is -2.42. The third-order valence-corrected chi connectivity index (χ3v) is 8.29. The van der Waals surface area contributed by atoms with E-state index in [2.05, 4.69) is 4.72 Å². The van der Waals surface area contributed by atoms with Gasteiger partial charge < -0.3 is 9.67 Å². The second kappa shape index (κ2) is 7.66. The maximum atomic E-state index is 14.5. The van der Waals surface area contributed by atoms with Gasteiger partial charge in [0.25, 0.3) is 5.56 Å². The zero-order valence-electron chi connectivity index (χ0n) is 15.9. The molecule has 9 heteroatoms. The van der Waals surface area contributed by atoms with E-state index in [1.807, 2.05) is 22.6 Å². The van der Waals surface area contributed by atoms with E-state index in [1.165, 1.54) is 6.07 Å². The van der Waals surface area contributed by atoms with Crippen molar-refractivity contribution < 1.29 is 17.9 Å². The molecule has 1 aliphatic heterocycles. The van der Waals surface area contributed by atoms with Crippen LogP contribution < -0.4 is 10.3 Å². The average Bonchev–Trinajstić information content (AvgIpc) is 3.11. The summed E-state index contributed by atoms with van der Waals surface area (Å²) < 4.78 is 45.3. The van der Waals surface area contributed by atoms with Crippen molar-refractivity contribution >= 4 is 38.3 Å². The minimum Gasteiger partial charge on any atom is -0.393 e. The lowest BCUT2D eigenvalue weighted by atomic mass is 9.96. The SMILES string of the molecule is Cc1c(Cc2ccc(I)cc2F)c(NS(=O)(=O)C2CC(O)C2)c2n(c1=O)CCC2. The highest BCUT2D eigenvalue weighted by Crippen LogP contribution is 2.34. The molecule has 1 aromatic carbocycles. The summed E-state index contributed by atoms with van der Waals surface area (Å²) in [6.45, 7) is 2.21. The van der Waals surface area contributed by atoms with Gasteiger partial charge >= 0.3 is 0 Å². The Morgan fingerprint density at radius 3 is 2.72 bits per heavy atom. The van der Waals surface area contributed by atoms with Gasteiger partial charge in [0.05, 0.1) is 17.0 Å². The number of anilines is 1. The summed E-state index contributed by atoms with van der Waals surface area (Å²) >= 11 is 2.03. The molecule has 0 unspecified atom stereocenters. The number of nitrogens with one attached hydrogen (secondary N) is 1. The molecule has 2 heterocycles. The topological polar surface area (TPSA) is 88.4 Å². The van der Waals surface area contributed by atoms with Gasteiger partial charge in [0.1, 0.15) is 5.82 Å². The molecule has 0 saturated heterocycles. The molecule has 29 heavy (non-hydrogen) atoms. The van der Waals surface area contributed by atoms with Crippen molar-refractivity contribution in [2.75, 3.05) is 4.72 Å². The van der Waals surface area contributed by atoms with E-state index in [9.17, 15) is 22.7 Å². The number of rotatable bonds is 5. The predicted molar refractivity (Wildman–Crippen MR) is 117 cm³/mol. The number of sulfonamides is 1. The fraction of sp³-hybridized carbons (Fsp3) is 0.450. The largest absolute Gasteiger partial charge is 0.393 e. The number of hydrogen-bond acceptors (Lipinski definition) is 4. The molecule has 2 aromatic rings. The maximum absolute atomic E-state index is 14.5. The Morgan fingerprint density at radius 1 is 1.34 bits per heavy atom. The van der Waals surface area contributed by atoms with Crippen molar-refractivity contribution in [1.29, 1.82) is 0 Å². The Balaban J connectivity index is 1.81. The van der Waals surface area contributed by atoms with Crippen molar-refractivity contribution in [3.63, 3.8) is 0 Å². The predicted octanol–water partition coefficient (Wildman–Crippen LogP) is 2.70. The molecule has 0 amide bonds. The fourth-order valence-electron chi connectivity index (χ4n) is 4.07. The van der Waals surface area contributed by atoms with Crippen LogP contribution in [-0.4, -0.2) is 29.4 Å². The quantitative estimate of drug-likeness (QED) is 0.580. The van der Waals surface area contributed by atoms with Gasteiger partial charge in [-0.3, -0.25) is 9.52 Å². The van der Waals surface area contributed by atoms with Crippen LogP contribution in [0.2, 0.25) is 0 Å². The average molecular weight is 532 g/mol. The third kappa shape index (κ3) is 3.84. The van der Waals surface area contributed by atoms with Crippen LogP contribution in [0.25, 0.3) is 0 Å². The zero-order chi connectivity index (χ0) is 20.9. The minimum atomic E-state index is -3.71. The first-order valence-electron chi connectivity index (χ1n) is 9.56. The number of nitrogens with zero attached hydrogens (tertiary/aromatic N) is 1. The molecule has 2 aliphatic rings. The number of pyridine rings is 1. The number of fused-ring (bicyclic) bond motifs is 1. The molecule has 6 nitrogen and oxygen atoms in total. The van der Waals surface area contributed by atoms with E-state index in [4.69, 9.17) is 0 Å². The Bertz CT molecular complexity index is 1140. The summed E-state index contributed by atoms with van der Waals surface area (Å²) in [6, 6.07) is 4.88. The standard InChI is InChI=1S/C20H22FIN2O4S/c1-11-16(7-12-4-5-13(22)8-17(12)21)19(18-3-2-6-24(18)20(11)26)23-29(27,28)15-9-14(25)10-15/h4-5,8,14-15,23,25H,2-3,6-7,9-10H2,1H3. The molecule has 4 rings (SSSR count). The summed E-state index contributed by atoms with van der Waals surface area (Å²) in [5.41, 5.74) is 2.27. The summed E-state index contributed by atoms with van der Waals surface area (Å²) in [5.74, 6) is -0.382. The molecular weight excluding hydrogens is 510 g/mol. The number of benzene rings is 1. The van der Waals surface area contributed by atoms with Crippen LogP contribution >= 0.6 is 22.6 Å². The van der Waals surface area contributed by atoms with Crippen molar-refractivity contribution in [3.05, 3.63) is 60.3 Å². The van der Waals surface area contributed by atoms with E-state index < -0.39 is 21.4 Å². The molecule has 2 N–H and O–H groups in total. The first-order chi connectivity index (χ1) is 13.7. The minimum absolute atomic E-state index is 0.128. The Labute approximate surface area is 182 Å². The van der Waals surface area contributed by atoms with Gasteiger partial charge in [0, 0.05) is 27.8 Å². The lowest BCUT2D eigenvalue weighted by Gasteiger charge is -2.32. The second-order valence-electron chi connectivity index (χ2n) is 7.79. The highest BCUT2D eigenvalue weighted by molar-refractivity contribution is 14.1. The molecule has 1 aliphatic carbocycles. The van der Waals surface area contributed by atoms with E-state index in [1.54, 1.807) is 23.6 Å². The molecule has 0 radical (unpaired) electrons. The summed E-state index contributed by atoms with van der Waals surface area (Å²) in [6.07, 6.45) is 1.27. The van der Waals surface area contributed by atoms with Crippen LogP contribution in [0.4, 0.5) is 10.1 Å². The van der Waals surface area contributed by atoms with Crippen LogP contribution in [-0.2, 0) is 29.4 Å². The number of hydrogen-bond donors (Lipinski definition) is 2. The first kappa shape index (κ1) is 20.8. The van der Waals surface area contributed by atoms with Gasteiger partial charge in [0.2, 0.25) is 10.0 Å².